The van der Waals surface area contributed by atoms with E-state index in [4.69, 9.17) is 4.74 Å². The van der Waals surface area contributed by atoms with Crippen LogP contribution in [0.4, 0.5) is 0 Å². The standard InChI is InChI=1S/C25H32N2O4/c1-2-24(29)20-8-10-23(11-9-20)31-18-22(28)17-27-14-12-21(13-15-27)25(30)26-16-19-6-4-3-5-7-19/h3-11,21-22,28H,2,12-18H2,1H3,(H,26,30)/t22-/m1/s1. The van der Waals surface area contributed by atoms with E-state index < -0.39 is 6.10 Å². The fraction of sp³-hybridized carbons (Fsp3) is 0.440. The predicted molar refractivity (Wildman–Crippen MR) is 120 cm³/mol. The number of likely N-dealkylation sites (tertiary alicyclic amines) is 1. The zero-order chi connectivity index (χ0) is 22.1. The molecule has 1 fully saturated rings. The minimum absolute atomic E-state index is 0.0256. The fourth-order valence-electron chi connectivity index (χ4n) is 3.79. The first-order chi connectivity index (χ1) is 15.0. The average molecular weight is 425 g/mol. The van der Waals surface area contributed by atoms with Crippen molar-refractivity contribution in [2.45, 2.75) is 38.8 Å². The van der Waals surface area contributed by atoms with Crippen molar-refractivity contribution >= 4 is 11.7 Å². The Morgan fingerprint density at radius 3 is 2.42 bits per heavy atom. The van der Waals surface area contributed by atoms with Gasteiger partial charge in [-0.25, -0.2) is 0 Å². The highest BCUT2D eigenvalue weighted by Crippen LogP contribution is 2.18. The van der Waals surface area contributed by atoms with E-state index >= 15 is 0 Å². The number of nitrogens with one attached hydrogen (secondary N) is 1. The number of β-amino-alcohol motifs (C(OH)–C–C–N with tert-alkyl or cyclic N) is 1. The molecule has 0 saturated carbocycles. The third kappa shape index (κ3) is 7.19. The lowest BCUT2D eigenvalue weighted by Gasteiger charge is -2.32. The van der Waals surface area contributed by atoms with E-state index in [0.29, 0.717) is 30.8 Å². The van der Waals surface area contributed by atoms with Crippen LogP contribution < -0.4 is 10.1 Å². The van der Waals surface area contributed by atoms with Crippen LogP contribution in [-0.4, -0.2) is 54.0 Å². The lowest BCUT2D eigenvalue weighted by Crippen LogP contribution is -2.44. The van der Waals surface area contributed by atoms with Crippen LogP contribution in [-0.2, 0) is 11.3 Å². The van der Waals surface area contributed by atoms with Crippen molar-refractivity contribution in [2.24, 2.45) is 5.92 Å². The van der Waals surface area contributed by atoms with E-state index in [1.165, 1.54) is 0 Å². The molecule has 0 unspecified atom stereocenters. The van der Waals surface area contributed by atoms with Gasteiger partial charge >= 0.3 is 0 Å². The van der Waals surface area contributed by atoms with Crippen LogP contribution in [0, 0.1) is 5.92 Å². The maximum absolute atomic E-state index is 12.4. The molecule has 6 heteroatoms. The topological polar surface area (TPSA) is 78.9 Å². The van der Waals surface area contributed by atoms with Crippen molar-refractivity contribution in [2.75, 3.05) is 26.2 Å². The third-order valence-electron chi connectivity index (χ3n) is 5.68. The van der Waals surface area contributed by atoms with Gasteiger partial charge in [0.05, 0.1) is 0 Å². The SMILES string of the molecule is CCC(=O)c1ccc(OC[C@H](O)CN2CCC(C(=O)NCc3ccccc3)CC2)cc1. The summed E-state index contributed by atoms with van der Waals surface area (Å²) in [4.78, 5) is 26.3. The van der Waals surface area contributed by atoms with Crippen LogP contribution in [0.25, 0.3) is 0 Å². The summed E-state index contributed by atoms with van der Waals surface area (Å²) in [6.45, 7) is 4.68. The second-order valence-corrected chi connectivity index (χ2v) is 8.04. The molecule has 0 bridgehead atoms. The molecule has 31 heavy (non-hydrogen) atoms. The highest BCUT2D eigenvalue weighted by atomic mass is 16.5. The molecule has 2 aromatic carbocycles. The lowest BCUT2D eigenvalue weighted by molar-refractivity contribution is -0.126. The molecule has 1 saturated heterocycles. The molecule has 1 aliphatic heterocycles. The predicted octanol–water partition coefficient (Wildman–Crippen LogP) is 3.05. The zero-order valence-electron chi connectivity index (χ0n) is 18.1. The van der Waals surface area contributed by atoms with Gasteiger partial charge in [0.15, 0.2) is 5.78 Å². The van der Waals surface area contributed by atoms with Gasteiger partial charge in [0, 0.05) is 31.0 Å². The highest BCUT2D eigenvalue weighted by Gasteiger charge is 2.25. The van der Waals surface area contributed by atoms with Crippen LogP contribution in [0.5, 0.6) is 5.75 Å². The number of ketones is 1. The molecule has 6 nitrogen and oxygen atoms in total. The number of benzene rings is 2. The molecule has 0 spiro atoms. The molecular weight excluding hydrogens is 392 g/mol. The number of nitrogens with zero attached hydrogens (tertiary/aromatic N) is 1. The highest BCUT2D eigenvalue weighted by molar-refractivity contribution is 5.95. The molecule has 1 amide bonds. The Hall–Kier alpha value is -2.70. The Kier molecular flexibility index (Phi) is 8.62. The van der Waals surface area contributed by atoms with Crippen molar-refractivity contribution in [3.8, 4) is 5.75 Å². The van der Waals surface area contributed by atoms with E-state index in [0.717, 1.165) is 31.5 Å². The Morgan fingerprint density at radius 2 is 1.77 bits per heavy atom. The molecular formula is C25H32N2O4. The van der Waals surface area contributed by atoms with Crippen molar-refractivity contribution < 1.29 is 19.4 Å². The van der Waals surface area contributed by atoms with Crippen molar-refractivity contribution in [1.29, 1.82) is 0 Å². The number of hydrogen-bond acceptors (Lipinski definition) is 5. The average Bonchev–Trinajstić information content (AvgIpc) is 2.82. The first-order valence-electron chi connectivity index (χ1n) is 11.0. The minimum Gasteiger partial charge on any atom is -0.491 e. The summed E-state index contributed by atoms with van der Waals surface area (Å²) < 4.78 is 5.66. The lowest BCUT2D eigenvalue weighted by atomic mass is 9.95. The summed E-state index contributed by atoms with van der Waals surface area (Å²) in [6.07, 6.45) is 1.45. The molecule has 166 valence electrons. The Balaban J connectivity index is 1.34. The summed E-state index contributed by atoms with van der Waals surface area (Å²) in [7, 11) is 0. The molecule has 0 aromatic heterocycles. The van der Waals surface area contributed by atoms with Gasteiger partial charge in [0.2, 0.25) is 5.91 Å². The van der Waals surface area contributed by atoms with E-state index in [-0.39, 0.29) is 24.2 Å². The maximum Gasteiger partial charge on any atom is 0.223 e. The summed E-state index contributed by atoms with van der Waals surface area (Å²) in [5.41, 5.74) is 1.77. The molecule has 1 aliphatic rings. The minimum atomic E-state index is -0.611. The van der Waals surface area contributed by atoms with Gasteiger partial charge in [-0.05, 0) is 55.8 Å². The molecule has 2 aromatic rings. The summed E-state index contributed by atoms with van der Waals surface area (Å²) >= 11 is 0. The second-order valence-electron chi connectivity index (χ2n) is 8.04. The smallest absolute Gasteiger partial charge is 0.223 e. The summed E-state index contributed by atoms with van der Waals surface area (Å²) in [5.74, 6) is 0.874. The fourth-order valence-corrected chi connectivity index (χ4v) is 3.79. The van der Waals surface area contributed by atoms with E-state index in [1.54, 1.807) is 24.3 Å². The first-order valence-corrected chi connectivity index (χ1v) is 11.0. The number of amides is 1. The Bertz CT molecular complexity index is 830. The quantitative estimate of drug-likeness (QED) is 0.573. The number of rotatable bonds is 10. The number of carbonyl (C=O) groups excluding carboxylic acids is 2. The first kappa shape index (κ1) is 23.0. The van der Waals surface area contributed by atoms with E-state index in [1.807, 2.05) is 37.3 Å². The number of hydrogen-bond donors (Lipinski definition) is 2. The van der Waals surface area contributed by atoms with Gasteiger partial charge in [0.25, 0.3) is 0 Å². The van der Waals surface area contributed by atoms with Crippen LogP contribution in [0.2, 0.25) is 0 Å². The summed E-state index contributed by atoms with van der Waals surface area (Å²) in [6, 6.07) is 16.9. The van der Waals surface area contributed by atoms with Gasteiger partial charge in [-0.1, -0.05) is 37.3 Å². The van der Waals surface area contributed by atoms with Crippen LogP contribution in [0.15, 0.2) is 54.6 Å². The van der Waals surface area contributed by atoms with Gasteiger partial charge in [-0.3, -0.25) is 9.59 Å². The van der Waals surface area contributed by atoms with Gasteiger partial charge in [-0.2, -0.15) is 0 Å². The van der Waals surface area contributed by atoms with Gasteiger partial charge < -0.3 is 20.1 Å². The summed E-state index contributed by atoms with van der Waals surface area (Å²) in [5, 5.41) is 13.4. The van der Waals surface area contributed by atoms with Crippen LogP contribution in [0.3, 0.4) is 0 Å². The van der Waals surface area contributed by atoms with Crippen molar-refractivity contribution in [1.82, 2.24) is 10.2 Å². The third-order valence-corrected chi connectivity index (χ3v) is 5.68. The van der Waals surface area contributed by atoms with Crippen molar-refractivity contribution in [3.05, 3.63) is 65.7 Å². The normalized spacial score (nSPS) is 15.9. The zero-order valence-corrected chi connectivity index (χ0v) is 18.1. The molecule has 2 N–H and O–H groups in total. The van der Waals surface area contributed by atoms with Gasteiger partial charge in [0.1, 0.15) is 18.5 Å². The van der Waals surface area contributed by atoms with E-state index in [2.05, 4.69) is 10.2 Å². The number of ether oxygens (including phenoxy) is 1. The Labute approximate surface area is 184 Å². The molecule has 0 radical (unpaired) electrons. The number of aliphatic hydroxyl groups excluding tert-OH is 1. The van der Waals surface area contributed by atoms with E-state index in [9.17, 15) is 14.7 Å². The second kappa shape index (κ2) is 11.6. The van der Waals surface area contributed by atoms with Crippen molar-refractivity contribution in [3.63, 3.8) is 0 Å². The van der Waals surface area contributed by atoms with Crippen LogP contribution in [0.1, 0.15) is 42.1 Å². The molecule has 1 atom stereocenters. The number of aliphatic hydroxyl groups is 1. The number of Topliss-reactive ketones (excluding diaryl/α,β-unsaturated/α-hetero) is 1. The number of piperidine rings is 1. The largest absolute Gasteiger partial charge is 0.491 e. The van der Waals surface area contributed by atoms with Gasteiger partial charge in [-0.15, -0.1) is 0 Å². The monoisotopic (exact) mass is 424 g/mol. The Morgan fingerprint density at radius 1 is 1.10 bits per heavy atom. The van der Waals surface area contributed by atoms with Crippen LogP contribution >= 0.6 is 0 Å². The molecule has 3 rings (SSSR count). The molecule has 0 aliphatic carbocycles. The number of carbonyl (C=O) groups is 2. The maximum atomic E-state index is 12.4. The molecule has 1 heterocycles.